The fraction of sp³-hybridized carbons (Fsp3) is 0.0455. The molecule has 3 aromatic carbocycles. The Morgan fingerprint density at radius 2 is 1.32 bits per heavy atom. The number of rotatable bonds is 5. The van der Waals surface area contributed by atoms with Crippen molar-refractivity contribution in [2.24, 2.45) is 0 Å². The van der Waals surface area contributed by atoms with E-state index in [2.05, 4.69) is 83.5 Å². The lowest BCUT2D eigenvalue weighted by atomic mass is 10.2. The van der Waals surface area contributed by atoms with Crippen LogP contribution in [0.25, 0.3) is 11.3 Å². The van der Waals surface area contributed by atoms with Gasteiger partial charge in [-0.3, -0.25) is 4.68 Å². The number of aromatic nitrogens is 2. The Labute approximate surface area is 152 Å². The molecule has 122 valence electrons. The van der Waals surface area contributed by atoms with Crippen LogP contribution in [0.15, 0.2) is 107 Å². The van der Waals surface area contributed by atoms with Gasteiger partial charge in [-0.25, -0.2) is 0 Å². The first-order valence-electron chi connectivity index (χ1n) is 8.28. The maximum atomic E-state index is 4.87. The van der Waals surface area contributed by atoms with Crippen molar-refractivity contribution in [1.29, 1.82) is 0 Å². The van der Waals surface area contributed by atoms with Gasteiger partial charge in [0, 0.05) is 10.5 Å². The largest absolute Gasteiger partial charge is 0.254 e. The Bertz CT molecular complexity index is 873. The average Bonchev–Trinajstić information content (AvgIpc) is 3.06. The van der Waals surface area contributed by atoms with E-state index >= 15 is 0 Å². The zero-order valence-electron chi connectivity index (χ0n) is 13.7. The smallest absolute Gasteiger partial charge is 0.0998 e. The van der Waals surface area contributed by atoms with Gasteiger partial charge in [-0.2, -0.15) is 5.10 Å². The van der Waals surface area contributed by atoms with Crippen LogP contribution >= 0.6 is 11.8 Å². The summed E-state index contributed by atoms with van der Waals surface area (Å²) in [6.45, 7) is 0.767. The Balaban J connectivity index is 1.70. The van der Waals surface area contributed by atoms with Crippen molar-refractivity contribution in [1.82, 2.24) is 9.78 Å². The quantitative estimate of drug-likeness (QED) is 0.459. The monoisotopic (exact) mass is 342 g/mol. The molecule has 3 heteroatoms. The minimum Gasteiger partial charge on any atom is -0.254 e. The molecule has 0 unspecified atom stereocenters. The number of hydrogen-bond donors (Lipinski definition) is 0. The molecule has 2 nitrogen and oxygen atoms in total. The molecule has 0 aliphatic carbocycles. The van der Waals surface area contributed by atoms with Crippen LogP contribution in [0.3, 0.4) is 0 Å². The van der Waals surface area contributed by atoms with E-state index in [1.54, 1.807) is 11.8 Å². The van der Waals surface area contributed by atoms with Crippen molar-refractivity contribution >= 4 is 11.8 Å². The molecule has 0 amide bonds. The Hall–Kier alpha value is -2.78. The average molecular weight is 342 g/mol. The van der Waals surface area contributed by atoms with E-state index in [1.807, 2.05) is 18.2 Å². The molecule has 0 aliphatic heterocycles. The summed E-state index contributed by atoms with van der Waals surface area (Å²) in [7, 11) is 0. The van der Waals surface area contributed by atoms with Gasteiger partial charge in [-0.1, -0.05) is 90.6 Å². The van der Waals surface area contributed by atoms with Gasteiger partial charge in [-0.05, 0) is 23.8 Å². The minimum atomic E-state index is 0.767. The van der Waals surface area contributed by atoms with E-state index in [-0.39, 0.29) is 0 Å². The van der Waals surface area contributed by atoms with Gasteiger partial charge in [0.15, 0.2) is 0 Å². The molecule has 1 heterocycles. The first-order valence-corrected chi connectivity index (χ1v) is 9.10. The molecule has 25 heavy (non-hydrogen) atoms. The standard InChI is InChI=1S/C22H18N2S/c1-4-10-18(11-5-1)17-24-22(25-20-14-8-3-9-15-20)16-21(23-24)19-12-6-2-7-13-19/h1-16H,17H2. The van der Waals surface area contributed by atoms with Gasteiger partial charge >= 0.3 is 0 Å². The van der Waals surface area contributed by atoms with Crippen molar-refractivity contribution in [2.75, 3.05) is 0 Å². The highest BCUT2D eigenvalue weighted by Gasteiger charge is 2.11. The Morgan fingerprint density at radius 3 is 2.00 bits per heavy atom. The molecular weight excluding hydrogens is 324 g/mol. The van der Waals surface area contributed by atoms with Crippen LogP contribution in [-0.2, 0) is 6.54 Å². The lowest BCUT2D eigenvalue weighted by Crippen LogP contribution is -2.03. The van der Waals surface area contributed by atoms with Crippen LogP contribution in [0.2, 0.25) is 0 Å². The van der Waals surface area contributed by atoms with Crippen LogP contribution < -0.4 is 0 Å². The molecule has 1 aromatic heterocycles. The first kappa shape index (κ1) is 15.7. The Morgan fingerprint density at radius 1 is 0.720 bits per heavy atom. The highest BCUT2D eigenvalue weighted by molar-refractivity contribution is 7.99. The van der Waals surface area contributed by atoms with E-state index in [0.717, 1.165) is 22.8 Å². The molecular formula is C22H18N2S. The third kappa shape index (κ3) is 3.83. The fourth-order valence-corrected chi connectivity index (χ4v) is 3.63. The summed E-state index contributed by atoms with van der Waals surface area (Å²) in [5, 5.41) is 6.01. The summed E-state index contributed by atoms with van der Waals surface area (Å²) in [6, 6.07) is 33.4. The molecule has 0 saturated carbocycles. The van der Waals surface area contributed by atoms with E-state index < -0.39 is 0 Å². The van der Waals surface area contributed by atoms with Gasteiger partial charge in [0.1, 0.15) is 0 Å². The lowest BCUT2D eigenvalue weighted by Gasteiger charge is -2.07. The maximum Gasteiger partial charge on any atom is 0.0998 e. The predicted molar refractivity (Wildman–Crippen MR) is 104 cm³/mol. The van der Waals surface area contributed by atoms with Crippen molar-refractivity contribution in [2.45, 2.75) is 16.5 Å². The van der Waals surface area contributed by atoms with Crippen molar-refractivity contribution < 1.29 is 0 Å². The van der Waals surface area contributed by atoms with Crippen molar-refractivity contribution in [3.8, 4) is 11.3 Å². The van der Waals surface area contributed by atoms with Gasteiger partial charge < -0.3 is 0 Å². The van der Waals surface area contributed by atoms with Gasteiger partial charge in [-0.15, -0.1) is 0 Å². The number of benzene rings is 3. The third-order valence-electron chi connectivity index (χ3n) is 3.95. The molecule has 0 aliphatic rings. The molecule has 0 N–H and O–H groups in total. The zero-order valence-corrected chi connectivity index (χ0v) is 14.6. The van der Waals surface area contributed by atoms with E-state index in [9.17, 15) is 0 Å². The second-order valence-corrected chi connectivity index (χ2v) is 6.89. The second kappa shape index (κ2) is 7.41. The molecule has 0 spiro atoms. The topological polar surface area (TPSA) is 17.8 Å². The SMILES string of the molecule is c1ccc(Cn2nc(-c3ccccc3)cc2Sc2ccccc2)cc1. The Kier molecular flexibility index (Phi) is 4.66. The van der Waals surface area contributed by atoms with Gasteiger partial charge in [0.05, 0.1) is 17.3 Å². The number of hydrogen-bond acceptors (Lipinski definition) is 2. The van der Waals surface area contributed by atoms with Gasteiger partial charge in [0.2, 0.25) is 0 Å². The van der Waals surface area contributed by atoms with Crippen LogP contribution in [-0.4, -0.2) is 9.78 Å². The third-order valence-corrected chi connectivity index (χ3v) is 5.00. The summed E-state index contributed by atoms with van der Waals surface area (Å²) in [6.07, 6.45) is 0. The minimum absolute atomic E-state index is 0.767. The van der Waals surface area contributed by atoms with E-state index in [4.69, 9.17) is 5.10 Å². The molecule has 4 rings (SSSR count). The summed E-state index contributed by atoms with van der Waals surface area (Å²) in [5.74, 6) is 0. The summed E-state index contributed by atoms with van der Waals surface area (Å²) >= 11 is 1.75. The molecule has 0 bridgehead atoms. The highest BCUT2D eigenvalue weighted by Crippen LogP contribution is 2.31. The predicted octanol–water partition coefficient (Wildman–Crippen LogP) is 5.75. The molecule has 4 aromatic rings. The van der Waals surface area contributed by atoms with Crippen molar-refractivity contribution in [3.63, 3.8) is 0 Å². The second-order valence-electron chi connectivity index (χ2n) is 5.79. The molecule has 0 radical (unpaired) electrons. The first-order chi connectivity index (χ1) is 12.4. The van der Waals surface area contributed by atoms with E-state index in [0.29, 0.717) is 0 Å². The number of nitrogens with zero attached hydrogens (tertiary/aromatic N) is 2. The van der Waals surface area contributed by atoms with E-state index in [1.165, 1.54) is 10.5 Å². The van der Waals surface area contributed by atoms with Gasteiger partial charge in [0.25, 0.3) is 0 Å². The van der Waals surface area contributed by atoms with Crippen LogP contribution in [0.1, 0.15) is 5.56 Å². The normalized spacial score (nSPS) is 10.7. The van der Waals surface area contributed by atoms with Crippen LogP contribution in [0, 0.1) is 0 Å². The lowest BCUT2D eigenvalue weighted by molar-refractivity contribution is 0.631. The van der Waals surface area contributed by atoms with Crippen LogP contribution in [0.4, 0.5) is 0 Å². The molecule has 0 saturated heterocycles. The summed E-state index contributed by atoms with van der Waals surface area (Å²) in [4.78, 5) is 1.22. The summed E-state index contributed by atoms with van der Waals surface area (Å²) in [5.41, 5.74) is 3.40. The highest BCUT2D eigenvalue weighted by atomic mass is 32.2. The fourth-order valence-electron chi connectivity index (χ4n) is 2.71. The zero-order chi connectivity index (χ0) is 16.9. The molecule has 0 fully saturated rings. The van der Waals surface area contributed by atoms with Crippen molar-refractivity contribution in [3.05, 3.63) is 103 Å². The molecule has 0 atom stereocenters. The summed E-state index contributed by atoms with van der Waals surface area (Å²) < 4.78 is 2.09. The maximum absolute atomic E-state index is 4.87. The van der Waals surface area contributed by atoms with Crippen LogP contribution in [0.5, 0.6) is 0 Å².